The molecule has 0 aliphatic carbocycles. The normalized spacial score (nSPS) is 16.4. The zero-order valence-electron chi connectivity index (χ0n) is 19.8. The van der Waals surface area contributed by atoms with Crippen molar-refractivity contribution < 1.29 is 48.7 Å². The maximum absolute atomic E-state index is 13.4. The number of alkyl halides is 4. The zero-order valence-corrected chi connectivity index (χ0v) is 22.1. The molecule has 210 valence electrons. The molecule has 0 bridgehead atoms. The van der Waals surface area contributed by atoms with E-state index in [2.05, 4.69) is 14.8 Å². The Morgan fingerprint density at radius 2 is 1.76 bits per heavy atom. The number of anilines is 2. The van der Waals surface area contributed by atoms with Gasteiger partial charge in [-0.1, -0.05) is 0 Å². The van der Waals surface area contributed by atoms with Crippen molar-refractivity contribution in [2.75, 3.05) is 27.9 Å². The van der Waals surface area contributed by atoms with E-state index >= 15 is 0 Å². The number of carbonyl (C=O) groups is 1. The molecule has 1 atom stereocenters. The predicted molar refractivity (Wildman–Crippen MR) is 130 cm³/mol. The largest absolute Gasteiger partial charge is 0.485 e. The van der Waals surface area contributed by atoms with E-state index in [1.807, 2.05) is 0 Å². The van der Waals surface area contributed by atoms with Crippen LogP contribution in [0.3, 0.4) is 0 Å². The van der Waals surface area contributed by atoms with Gasteiger partial charge in [-0.3, -0.25) is 9.62 Å². The molecular weight excluding hydrogens is 582 g/mol. The van der Waals surface area contributed by atoms with Crippen molar-refractivity contribution in [1.82, 2.24) is 4.72 Å². The minimum Gasteiger partial charge on any atom is -0.485 e. The van der Waals surface area contributed by atoms with Gasteiger partial charge in [-0.15, -0.1) is 11.6 Å². The number of sulfonamides is 2. The standard InChI is InChI=1S/C21H22ClF4N3O7S2/c1-20(2,21(24,25)26)36-19(30)28-14-5-8-18-17(9-14)29(11-15(35-18)10-27-37(31,32)12-22)38(33,34)16-6-3-13(23)4-7-16/h3-9,15,27H,10-12H2,1-2H3,(H,28,30). The lowest BCUT2D eigenvalue weighted by Gasteiger charge is -2.35. The highest BCUT2D eigenvalue weighted by atomic mass is 35.5. The zero-order chi connectivity index (χ0) is 28.5. The van der Waals surface area contributed by atoms with E-state index < -0.39 is 61.6 Å². The van der Waals surface area contributed by atoms with Crippen molar-refractivity contribution >= 4 is 49.1 Å². The third kappa shape index (κ3) is 6.78. The monoisotopic (exact) mass is 603 g/mol. The van der Waals surface area contributed by atoms with Gasteiger partial charge in [0.15, 0.2) is 0 Å². The van der Waals surface area contributed by atoms with E-state index in [4.69, 9.17) is 16.3 Å². The maximum Gasteiger partial charge on any atom is 0.427 e. The molecule has 0 saturated heterocycles. The first-order valence-electron chi connectivity index (χ1n) is 10.6. The van der Waals surface area contributed by atoms with Gasteiger partial charge in [0, 0.05) is 12.2 Å². The first-order chi connectivity index (χ1) is 17.4. The fourth-order valence-corrected chi connectivity index (χ4v) is 5.40. The van der Waals surface area contributed by atoms with E-state index in [1.165, 1.54) is 12.1 Å². The van der Waals surface area contributed by atoms with Crippen molar-refractivity contribution in [3.63, 3.8) is 0 Å². The summed E-state index contributed by atoms with van der Waals surface area (Å²) in [6.45, 7) is 0.529. The highest BCUT2D eigenvalue weighted by Crippen LogP contribution is 2.39. The summed E-state index contributed by atoms with van der Waals surface area (Å²) in [5, 5.41) is 1.36. The van der Waals surface area contributed by atoms with E-state index in [0.717, 1.165) is 34.6 Å². The average molecular weight is 604 g/mol. The number of rotatable bonds is 8. The van der Waals surface area contributed by atoms with Gasteiger partial charge in [0.2, 0.25) is 15.6 Å². The van der Waals surface area contributed by atoms with Gasteiger partial charge in [0.05, 0.1) is 17.1 Å². The van der Waals surface area contributed by atoms with Crippen LogP contribution in [-0.2, 0) is 24.8 Å². The molecule has 0 radical (unpaired) electrons. The number of halogens is 5. The predicted octanol–water partition coefficient (Wildman–Crippen LogP) is 3.79. The third-order valence-electron chi connectivity index (χ3n) is 5.24. The van der Waals surface area contributed by atoms with Crippen molar-refractivity contribution in [1.29, 1.82) is 0 Å². The summed E-state index contributed by atoms with van der Waals surface area (Å²) in [6, 6.07) is 7.46. The second-order valence-corrected chi connectivity index (χ2v) is 12.8. The van der Waals surface area contributed by atoms with Crippen LogP contribution in [0, 0.1) is 5.82 Å². The Kier molecular flexibility index (Phi) is 8.41. The van der Waals surface area contributed by atoms with Gasteiger partial charge >= 0.3 is 12.3 Å². The number of nitrogens with one attached hydrogen (secondary N) is 2. The summed E-state index contributed by atoms with van der Waals surface area (Å²) in [5.41, 5.74) is -3.06. The lowest BCUT2D eigenvalue weighted by Crippen LogP contribution is -2.48. The second-order valence-electron chi connectivity index (χ2n) is 8.51. The first kappa shape index (κ1) is 29.7. The summed E-state index contributed by atoms with van der Waals surface area (Å²) in [6.07, 6.45) is -7.34. The lowest BCUT2D eigenvalue weighted by atomic mass is 10.1. The van der Waals surface area contributed by atoms with Crippen molar-refractivity contribution in [2.45, 2.75) is 36.6 Å². The second kappa shape index (κ2) is 10.7. The molecule has 0 aromatic heterocycles. The van der Waals surface area contributed by atoms with Crippen LogP contribution in [0.4, 0.5) is 33.7 Å². The molecule has 0 saturated carbocycles. The molecule has 17 heteroatoms. The van der Waals surface area contributed by atoms with Crippen LogP contribution in [-0.4, -0.2) is 59.1 Å². The SMILES string of the molecule is CC(C)(OC(=O)Nc1ccc2c(c1)N(S(=O)(=O)c1ccc(F)cc1)CC(CNS(=O)(=O)CCl)O2)C(F)(F)F. The molecule has 2 aromatic carbocycles. The van der Waals surface area contributed by atoms with E-state index in [1.54, 1.807) is 0 Å². The molecule has 1 heterocycles. The van der Waals surface area contributed by atoms with Crippen LogP contribution in [0.25, 0.3) is 0 Å². The number of ether oxygens (including phenoxy) is 2. The third-order valence-corrected chi connectivity index (χ3v) is 8.79. The summed E-state index contributed by atoms with van der Waals surface area (Å²) in [4.78, 5) is 11.8. The van der Waals surface area contributed by atoms with Crippen LogP contribution in [0.1, 0.15) is 13.8 Å². The number of fused-ring (bicyclic) bond motifs is 1. The van der Waals surface area contributed by atoms with Crippen LogP contribution < -0.4 is 19.1 Å². The molecule has 2 aromatic rings. The van der Waals surface area contributed by atoms with Crippen LogP contribution in [0.2, 0.25) is 0 Å². The highest BCUT2D eigenvalue weighted by Gasteiger charge is 2.51. The number of nitrogens with zero attached hydrogens (tertiary/aromatic N) is 1. The van der Waals surface area contributed by atoms with Gasteiger partial charge in [-0.2, -0.15) is 13.2 Å². The molecule has 0 spiro atoms. The van der Waals surface area contributed by atoms with E-state index in [0.29, 0.717) is 13.8 Å². The Hall–Kier alpha value is -2.82. The average Bonchev–Trinajstić information content (AvgIpc) is 2.81. The van der Waals surface area contributed by atoms with Gasteiger partial charge < -0.3 is 9.47 Å². The molecule has 0 fully saturated rings. The van der Waals surface area contributed by atoms with Gasteiger partial charge in [0.1, 0.15) is 22.9 Å². The maximum atomic E-state index is 13.4. The topological polar surface area (TPSA) is 131 Å². The molecular formula is C21H22ClF4N3O7S2. The van der Waals surface area contributed by atoms with E-state index in [9.17, 15) is 39.2 Å². The minimum atomic E-state index is -4.85. The Balaban J connectivity index is 1.96. The summed E-state index contributed by atoms with van der Waals surface area (Å²) < 4.78 is 116. The fourth-order valence-electron chi connectivity index (χ4n) is 3.15. The number of hydrogen-bond donors (Lipinski definition) is 2. The van der Waals surface area contributed by atoms with E-state index in [-0.39, 0.29) is 28.6 Å². The molecule has 38 heavy (non-hydrogen) atoms. The van der Waals surface area contributed by atoms with Crippen molar-refractivity contribution in [3.05, 3.63) is 48.3 Å². The van der Waals surface area contributed by atoms with Crippen molar-refractivity contribution in [2.24, 2.45) is 0 Å². The molecule has 1 aliphatic rings. The highest BCUT2D eigenvalue weighted by molar-refractivity contribution is 7.92. The summed E-state index contributed by atoms with van der Waals surface area (Å²) >= 11 is 5.37. The molecule has 10 nitrogen and oxygen atoms in total. The Bertz CT molecular complexity index is 1400. The van der Waals surface area contributed by atoms with Gasteiger partial charge in [0.25, 0.3) is 10.0 Å². The van der Waals surface area contributed by atoms with Gasteiger partial charge in [-0.05, 0) is 56.3 Å². The summed E-state index contributed by atoms with van der Waals surface area (Å²) in [7, 11) is -8.25. The number of amides is 1. The molecule has 1 aliphatic heterocycles. The molecule has 2 N–H and O–H groups in total. The molecule has 1 unspecified atom stereocenters. The van der Waals surface area contributed by atoms with Crippen LogP contribution >= 0.6 is 11.6 Å². The van der Waals surface area contributed by atoms with Crippen LogP contribution in [0.5, 0.6) is 5.75 Å². The lowest BCUT2D eigenvalue weighted by molar-refractivity contribution is -0.242. The summed E-state index contributed by atoms with van der Waals surface area (Å²) in [5.74, 6) is -0.738. The van der Waals surface area contributed by atoms with Crippen LogP contribution in [0.15, 0.2) is 47.4 Å². The minimum absolute atomic E-state index is 0.0495. The molecule has 3 rings (SSSR count). The van der Waals surface area contributed by atoms with Gasteiger partial charge in [-0.25, -0.2) is 30.7 Å². The number of benzene rings is 2. The Morgan fingerprint density at radius 1 is 1.13 bits per heavy atom. The Morgan fingerprint density at radius 3 is 2.34 bits per heavy atom. The smallest absolute Gasteiger partial charge is 0.427 e. The first-order valence-corrected chi connectivity index (χ1v) is 14.3. The number of carbonyl (C=O) groups excluding carboxylic acids is 1. The fraction of sp³-hybridized carbons (Fsp3) is 0.381. The quantitative estimate of drug-likeness (QED) is 0.347. The van der Waals surface area contributed by atoms with Crippen molar-refractivity contribution in [3.8, 4) is 5.75 Å². The Labute approximate surface area is 221 Å². The number of hydrogen-bond acceptors (Lipinski definition) is 7. The molecule has 1 amide bonds.